The summed E-state index contributed by atoms with van der Waals surface area (Å²) in [7, 11) is 0. The van der Waals surface area contributed by atoms with Crippen LogP contribution in [0.25, 0.3) is 0 Å². The lowest BCUT2D eigenvalue weighted by molar-refractivity contribution is -0.137. The molecule has 1 aromatic heterocycles. The number of rotatable bonds is 0. The number of aliphatic hydroxyl groups is 1. The minimum Gasteiger partial charge on any atom is -0.384 e. The van der Waals surface area contributed by atoms with Crippen molar-refractivity contribution in [1.82, 2.24) is 4.98 Å². The highest BCUT2D eigenvalue weighted by Gasteiger charge is 2.34. The van der Waals surface area contributed by atoms with Crippen molar-refractivity contribution >= 4 is 11.3 Å². The van der Waals surface area contributed by atoms with Crippen LogP contribution in [0, 0.1) is 11.8 Å². The predicted octanol–water partition coefficient (Wildman–Crippen LogP) is 1.51. The first-order valence-corrected chi connectivity index (χ1v) is 3.98. The number of alkyl halides is 3. The standard InChI is InChI=1S/C7H4F3NOS/c8-7(9,10)6-11-4-5(13-6)2-1-3-12/h4,12H,3H2. The van der Waals surface area contributed by atoms with Crippen molar-refractivity contribution in [3.63, 3.8) is 0 Å². The molecule has 6 heteroatoms. The summed E-state index contributed by atoms with van der Waals surface area (Å²) < 4.78 is 35.9. The van der Waals surface area contributed by atoms with Crippen LogP contribution < -0.4 is 0 Å². The lowest BCUT2D eigenvalue weighted by Gasteiger charge is -1.98. The number of aliphatic hydroxyl groups excluding tert-OH is 1. The topological polar surface area (TPSA) is 33.1 Å². The zero-order valence-electron chi connectivity index (χ0n) is 6.22. The molecule has 1 aromatic rings. The van der Waals surface area contributed by atoms with Crippen molar-refractivity contribution in [3.8, 4) is 11.8 Å². The molecule has 0 amide bonds. The van der Waals surface area contributed by atoms with Crippen LogP contribution in [0.1, 0.15) is 9.88 Å². The maximum absolute atomic E-state index is 12.0. The zero-order valence-corrected chi connectivity index (χ0v) is 7.04. The Balaban J connectivity index is 2.87. The number of hydrogen-bond donors (Lipinski definition) is 1. The summed E-state index contributed by atoms with van der Waals surface area (Å²) in [6.07, 6.45) is -3.38. The summed E-state index contributed by atoms with van der Waals surface area (Å²) in [4.78, 5) is 3.35. The van der Waals surface area contributed by atoms with Crippen LogP contribution in [-0.2, 0) is 6.18 Å². The van der Waals surface area contributed by atoms with E-state index in [2.05, 4.69) is 16.8 Å². The number of nitrogens with zero attached hydrogens (tertiary/aromatic N) is 1. The summed E-state index contributed by atoms with van der Waals surface area (Å²) in [5.41, 5.74) is 0. The van der Waals surface area contributed by atoms with E-state index in [1.165, 1.54) is 0 Å². The van der Waals surface area contributed by atoms with Gasteiger partial charge in [-0.1, -0.05) is 11.8 Å². The van der Waals surface area contributed by atoms with Gasteiger partial charge in [0, 0.05) is 0 Å². The molecule has 0 bridgehead atoms. The number of aromatic nitrogens is 1. The smallest absolute Gasteiger partial charge is 0.384 e. The number of hydrogen-bond acceptors (Lipinski definition) is 3. The van der Waals surface area contributed by atoms with Gasteiger partial charge in [0.25, 0.3) is 0 Å². The van der Waals surface area contributed by atoms with Crippen molar-refractivity contribution in [2.45, 2.75) is 6.18 Å². The lowest BCUT2D eigenvalue weighted by Crippen LogP contribution is -2.02. The highest BCUT2D eigenvalue weighted by molar-refractivity contribution is 7.12. The zero-order chi connectivity index (χ0) is 9.90. The normalized spacial score (nSPS) is 10.8. The monoisotopic (exact) mass is 207 g/mol. The molecule has 1 rings (SSSR count). The molecular formula is C7H4F3NOS. The maximum Gasteiger partial charge on any atom is 0.443 e. The van der Waals surface area contributed by atoms with Gasteiger partial charge in [0.1, 0.15) is 6.61 Å². The molecule has 1 heterocycles. The lowest BCUT2D eigenvalue weighted by atomic mass is 10.5. The van der Waals surface area contributed by atoms with Crippen LogP contribution >= 0.6 is 11.3 Å². The fraction of sp³-hybridized carbons (Fsp3) is 0.286. The molecule has 0 atom stereocenters. The second kappa shape index (κ2) is 3.77. The molecule has 0 aromatic carbocycles. The third-order valence-corrected chi connectivity index (χ3v) is 2.00. The van der Waals surface area contributed by atoms with E-state index in [-0.39, 0.29) is 11.5 Å². The predicted molar refractivity (Wildman–Crippen MR) is 41.1 cm³/mol. The van der Waals surface area contributed by atoms with Crippen molar-refractivity contribution in [3.05, 3.63) is 16.1 Å². The van der Waals surface area contributed by atoms with Gasteiger partial charge in [-0.2, -0.15) is 13.2 Å². The van der Waals surface area contributed by atoms with Crippen LogP contribution in [0.15, 0.2) is 6.20 Å². The van der Waals surface area contributed by atoms with Gasteiger partial charge >= 0.3 is 6.18 Å². The summed E-state index contributed by atoms with van der Waals surface area (Å²) in [6.45, 7) is -0.376. The molecular weight excluding hydrogens is 203 g/mol. The number of thiazole rings is 1. The molecule has 0 aliphatic carbocycles. The van der Waals surface area contributed by atoms with Crippen molar-refractivity contribution in [2.24, 2.45) is 0 Å². The first kappa shape index (κ1) is 10.0. The average molecular weight is 207 g/mol. The van der Waals surface area contributed by atoms with Gasteiger partial charge in [0.05, 0.1) is 11.1 Å². The summed E-state index contributed by atoms with van der Waals surface area (Å²) in [5, 5.41) is 7.36. The molecule has 0 unspecified atom stereocenters. The molecule has 2 nitrogen and oxygen atoms in total. The van der Waals surface area contributed by atoms with Gasteiger partial charge in [-0.15, -0.1) is 11.3 Å². The second-order valence-corrected chi connectivity index (χ2v) is 3.02. The fourth-order valence-corrected chi connectivity index (χ4v) is 1.25. The van der Waals surface area contributed by atoms with E-state index >= 15 is 0 Å². The molecule has 0 saturated carbocycles. The van der Waals surface area contributed by atoms with E-state index in [9.17, 15) is 13.2 Å². The van der Waals surface area contributed by atoms with Gasteiger partial charge in [0.15, 0.2) is 5.01 Å². The Hall–Kier alpha value is -1.06. The largest absolute Gasteiger partial charge is 0.443 e. The second-order valence-electron chi connectivity index (χ2n) is 1.99. The molecule has 13 heavy (non-hydrogen) atoms. The highest BCUT2D eigenvalue weighted by Crippen LogP contribution is 2.31. The van der Waals surface area contributed by atoms with Gasteiger partial charge in [0.2, 0.25) is 0 Å². The van der Waals surface area contributed by atoms with E-state index in [0.29, 0.717) is 11.3 Å². The van der Waals surface area contributed by atoms with Crippen molar-refractivity contribution < 1.29 is 18.3 Å². The summed E-state index contributed by atoms with van der Waals surface area (Å²) >= 11 is 0.459. The average Bonchev–Trinajstić information content (AvgIpc) is 2.47. The Bertz CT molecular complexity index is 347. The highest BCUT2D eigenvalue weighted by atomic mass is 32.1. The van der Waals surface area contributed by atoms with Crippen LogP contribution in [0.2, 0.25) is 0 Å². The Labute approximate surface area is 76.0 Å². The Morgan fingerprint density at radius 2 is 2.23 bits per heavy atom. The quantitative estimate of drug-likeness (QED) is 0.654. The van der Waals surface area contributed by atoms with E-state index in [1.54, 1.807) is 0 Å². The maximum atomic E-state index is 12.0. The first-order chi connectivity index (χ1) is 6.04. The first-order valence-electron chi connectivity index (χ1n) is 3.17. The Morgan fingerprint density at radius 1 is 1.54 bits per heavy atom. The molecule has 0 radical (unpaired) electrons. The molecule has 1 N–H and O–H groups in total. The summed E-state index contributed by atoms with van der Waals surface area (Å²) in [6, 6.07) is 0. The van der Waals surface area contributed by atoms with E-state index in [0.717, 1.165) is 6.20 Å². The van der Waals surface area contributed by atoms with Gasteiger partial charge in [-0.3, -0.25) is 0 Å². The van der Waals surface area contributed by atoms with Crippen molar-refractivity contribution in [2.75, 3.05) is 6.61 Å². The van der Waals surface area contributed by atoms with Crippen molar-refractivity contribution in [1.29, 1.82) is 0 Å². The minimum atomic E-state index is -4.41. The third kappa shape index (κ3) is 2.72. The molecule has 0 aliphatic rings. The molecule has 0 saturated heterocycles. The van der Waals surface area contributed by atoms with Gasteiger partial charge in [-0.25, -0.2) is 4.98 Å². The molecule has 0 spiro atoms. The van der Waals surface area contributed by atoms with E-state index in [4.69, 9.17) is 5.11 Å². The summed E-state index contributed by atoms with van der Waals surface area (Å²) in [5.74, 6) is 4.58. The van der Waals surface area contributed by atoms with E-state index < -0.39 is 11.2 Å². The molecule has 0 fully saturated rings. The molecule has 0 aliphatic heterocycles. The SMILES string of the molecule is OCC#Cc1cnc(C(F)(F)F)s1. The number of halogens is 3. The van der Waals surface area contributed by atoms with Gasteiger partial charge < -0.3 is 5.11 Å². The third-order valence-electron chi connectivity index (χ3n) is 1.04. The molecule has 70 valence electrons. The van der Waals surface area contributed by atoms with Crippen LogP contribution in [0.5, 0.6) is 0 Å². The van der Waals surface area contributed by atoms with Crippen LogP contribution in [0.3, 0.4) is 0 Å². The van der Waals surface area contributed by atoms with E-state index in [1.807, 2.05) is 0 Å². The fourth-order valence-electron chi connectivity index (χ4n) is 0.590. The Kier molecular flexibility index (Phi) is 2.90. The van der Waals surface area contributed by atoms with Crippen LogP contribution in [0.4, 0.5) is 13.2 Å². The minimum absolute atomic E-state index is 0.196. The Morgan fingerprint density at radius 3 is 2.69 bits per heavy atom. The van der Waals surface area contributed by atoms with Gasteiger partial charge in [-0.05, 0) is 0 Å². The van der Waals surface area contributed by atoms with Crippen LogP contribution in [-0.4, -0.2) is 16.7 Å².